The Balaban J connectivity index is 1.64. The SMILES string of the molecule is CCC(O)(CN1CCCC1)c1cc(F)c2c(c1)C(=O)N(Cc1ncc(Cl)cn1)[C@@H]2O. The maximum Gasteiger partial charge on any atom is 0.257 e. The van der Waals surface area contributed by atoms with Crippen molar-refractivity contribution in [3.63, 3.8) is 0 Å². The van der Waals surface area contributed by atoms with E-state index in [9.17, 15) is 15.0 Å². The van der Waals surface area contributed by atoms with Crippen molar-refractivity contribution in [2.75, 3.05) is 19.6 Å². The molecule has 0 radical (unpaired) electrons. The number of aliphatic hydroxyl groups excluding tert-OH is 1. The zero-order valence-corrected chi connectivity index (χ0v) is 17.4. The Morgan fingerprint density at radius 1 is 1.27 bits per heavy atom. The van der Waals surface area contributed by atoms with Gasteiger partial charge in [-0.2, -0.15) is 0 Å². The highest BCUT2D eigenvalue weighted by Crippen LogP contribution is 2.38. The van der Waals surface area contributed by atoms with Crippen LogP contribution in [-0.4, -0.2) is 55.5 Å². The van der Waals surface area contributed by atoms with Crippen molar-refractivity contribution < 1.29 is 19.4 Å². The van der Waals surface area contributed by atoms with Crippen LogP contribution in [-0.2, 0) is 12.1 Å². The first-order valence-electron chi connectivity index (χ1n) is 10.1. The van der Waals surface area contributed by atoms with Gasteiger partial charge in [0, 0.05) is 24.5 Å². The quantitative estimate of drug-likeness (QED) is 0.726. The highest BCUT2D eigenvalue weighted by atomic mass is 35.5. The fourth-order valence-corrected chi connectivity index (χ4v) is 4.29. The molecule has 1 saturated heterocycles. The third-order valence-electron chi connectivity index (χ3n) is 5.97. The number of halogens is 2. The van der Waals surface area contributed by atoms with E-state index in [4.69, 9.17) is 11.6 Å². The molecule has 2 aromatic rings. The van der Waals surface area contributed by atoms with Gasteiger partial charge in [0.1, 0.15) is 17.2 Å². The Labute approximate surface area is 179 Å². The molecule has 1 aromatic heterocycles. The minimum Gasteiger partial charge on any atom is -0.384 e. The Morgan fingerprint density at radius 3 is 2.57 bits per heavy atom. The van der Waals surface area contributed by atoms with Crippen molar-refractivity contribution in [2.45, 2.75) is 44.6 Å². The molecule has 0 aliphatic carbocycles. The normalized spacial score (nSPS) is 21.2. The number of nitrogens with zero attached hydrogens (tertiary/aromatic N) is 4. The molecule has 30 heavy (non-hydrogen) atoms. The van der Waals surface area contributed by atoms with Crippen molar-refractivity contribution in [3.05, 3.63) is 57.9 Å². The number of likely N-dealkylation sites (tertiary alicyclic amines) is 1. The van der Waals surface area contributed by atoms with E-state index >= 15 is 4.39 Å². The maximum atomic E-state index is 15.0. The van der Waals surface area contributed by atoms with E-state index in [0.717, 1.165) is 30.8 Å². The molecule has 2 aliphatic heterocycles. The van der Waals surface area contributed by atoms with Crippen molar-refractivity contribution in [2.24, 2.45) is 0 Å². The van der Waals surface area contributed by atoms with Crippen LogP contribution < -0.4 is 0 Å². The second-order valence-corrected chi connectivity index (χ2v) is 8.35. The zero-order chi connectivity index (χ0) is 21.5. The van der Waals surface area contributed by atoms with Gasteiger partial charge in [0.05, 0.1) is 17.1 Å². The predicted molar refractivity (Wildman–Crippen MR) is 108 cm³/mol. The van der Waals surface area contributed by atoms with Gasteiger partial charge in [0.2, 0.25) is 0 Å². The van der Waals surface area contributed by atoms with Gasteiger partial charge in [-0.15, -0.1) is 0 Å². The number of aliphatic hydroxyl groups is 2. The predicted octanol–water partition coefficient (Wildman–Crippen LogP) is 2.61. The van der Waals surface area contributed by atoms with Gasteiger partial charge in [-0.3, -0.25) is 4.79 Å². The number of benzene rings is 1. The lowest BCUT2D eigenvalue weighted by Gasteiger charge is -2.32. The summed E-state index contributed by atoms with van der Waals surface area (Å²) in [7, 11) is 0. The van der Waals surface area contributed by atoms with Gasteiger partial charge < -0.3 is 20.0 Å². The molecule has 3 heterocycles. The second-order valence-electron chi connectivity index (χ2n) is 7.91. The minimum absolute atomic E-state index is 0.0553. The zero-order valence-electron chi connectivity index (χ0n) is 16.7. The van der Waals surface area contributed by atoms with Gasteiger partial charge >= 0.3 is 0 Å². The van der Waals surface area contributed by atoms with Crippen LogP contribution in [0.3, 0.4) is 0 Å². The molecule has 2 N–H and O–H groups in total. The summed E-state index contributed by atoms with van der Waals surface area (Å²) < 4.78 is 15.0. The first kappa shape index (κ1) is 21.1. The van der Waals surface area contributed by atoms with Gasteiger partial charge in [-0.05, 0) is 50.0 Å². The lowest BCUT2D eigenvalue weighted by atomic mass is 9.88. The number of hydrogen-bond acceptors (Lipinski definition) is 6. The van der Waals surface area contributed by atoms with Crippen LogP contribution in [0.5, 0.6) is 0 Å². The summed E-state index contributed by atoms with van der Waals surface area (Å²) in [4.78, 5) is 24.3. The summed E-state index contributed by atoms with van der Waals surface area (Å²) in [6.45, 7) is 3.90. The molecule has 0 spiro atoms. The minimum atomic E-state index is -1.45. The smallest absolute Gasteiger partial charge is 0.257 e. The number of carbonyl (C=O) groups excluding carboxylic acids is 1. The van der Waals surface area contributed by atoms with Crippen LogP contribution in [0.15, 0.2) is 24.5 Å². The van der Waals surface area contributed by atoms with Crippen LogP contribution in [0.2, 0.25) is 5.02 Å². The van der Waals surface area contributed by atoms with E-state index in [1.54, 1.807) is 0 Å². The number of hydrogen-bond donors (Lipinski definition) is 2. The maximum absolute atomic E-state index is 15.0. The highest BCUT2D eigenvalue weighted by Gasteiger charge is 2.41. The molecule has 2 atom stereocenters. The molecule has 4 rings (SSSR count). The van der Waals surface area contributed by atoms with Crippen LogP contribution >= 0.6 is 11.6 Å². The summed E-state index contributed by atoms with van der Waals surface area (Å²) in [5.41, 5.74) is -0.964. The lowest BCUT2D eigenvalue weighted by molar-refractivity contribution is 0.000835. The monoisotopic (exact) mass is 434 g/mol. The van der Waals surface area contributed by atoms with E-state index in [2.05, 4.69) is 14.9 Å². The van der Waals surface area contributed by atoms with Gasteiger partial charge in [-0.25, -0.2) is 14.4 Å². The summed E-state index contributed by atoms with van der Waals surface area (Å²) in [5, 5.41) is 22.2. The Bertz CT molecular complexity index is 952. The van der Waals surface area contributed by atoms with Crippen LogP contribution in [0.4, 0.5) is 4.39 Å². The summed E-state index contributed by atoms with van der Waals surface area (Å²) >= 11 is 5.78. The molecule has 9 heteroatoms. The highest BCUT2D eigenvalue weighted by molar-refractivity contribution is 6.30. The lowest BCUT2D eigenvalue weighted by Crippen LogP contribution is -2.39. The average molecular weight is 435 g/mol. The molecule has 2 aliphatic rings. The molecule has 160 valence electrons. The number of rotatable bonds is 6. The number of amides is 1. The summed E-state index contributed by atoms with van der Waals surface area (Å²) in [5.74, 6) is -0.966. The average Bonchev–Trinajstić information content (AvgIpc) is 3.32. The summed E-state index contributed by atoms with van der Waals surface area (Å²) in [6.07, 6.45) is 3.86. The Hall–Kier alpha value is -2.13. The molecule has 0 bridgehead atoms. The van der Waals surface area contributed by atoms with E-state index in [1.165, 1.54) is 24.5 Å². The fraction of sp³-hybridized carbons (Fsp3) is 0.476. The fourth-order valence-electron chi connectivity index (χ4n) is 4.20. The van der Waals surface area contributed by atoms with Crippen molar-refractivity contribution in [1.29, 1.82) is 0 Å². The third kappa shape index (κ3) is 3.80. The second kappa shape index (κ2) is 8.19. The molecule has 7 nitrogen and oxygen atoms in total. The van der Waals surface area contributed by atoms with E-state index in [0.29, 0.717) is 23.6 Å². The van der Waals surface area contributed by atoms with Gasteiger partial charge in [0.25, 0.3) is 5.91 Å². The first-order chi connectivity index (χ1) is 14.3. The van der Waals surface area contributed by atoms with Gasteiger partial charge in [0.15, 0.2) is 6.23 Å². The molecule has 1 amide bonds. The van der Waals surface area contributed by atoms with E-state index in [1.807, 2.05) is 6.92 Å². The van der Waals surface area contributed by atoms with Crippen LogP contribution in [0.1, 0.15) is 59.7 Å². The first-order valence-corrected chi connectivity index (χ1v) is 10.4. The number of aromatic nitrogens is 2. The van der Waals surface area contributed by atoms with Crippen LogP contribution in [0, 0.1) is 5.82 Å². The van der Waals surface area contributed by atoms with E-state index in [-0.39, 0.29) is 23.5 Å². The van der Waals surface area contributed by atoms with Crippen molar-refractivity contribution in [3.8, 4) is 0 Å². The topological polar surface area (TPSA) is 89.8 Å². The van der Waals surface area contributed by atoms with E-state index < -0.39 is 23.6 Å². The molecule has 1 unspecified atom stereocenters. The number of β-amino-alcohol motifs (C(OH)–C–C–N with tert-alkyl or cyclic N) is 1. The Kier molecular flexibility index (Phi) is 5.76. The third-order valence-corrected chi connectivity index (χ3v) is 6.16. The van der Waals surface area contributed by atoms with Crippen molar-refractivity contribution >= 4 is 17.5 Å². The standard InChI is InChI=1S/C21H24ClFN4O3/c1-2-21(30,12-26-5-3-4-6-26)13-7-15-18(16(23)8-13)20(29)27(19(15)28)11-17-24-9-14(22)10-25-17/h7-10,20,29-30H,2-6,11-12H2,1H3/t20-,21?/m1/s1. The molecule has 0 saturated carbocycles. The molecule has 1 fully saturated rings. The van der Waals surface area contributed by atoms with Crippen LogP contribution in [0.25, 0.3) is 0 Å². The summed E-state index contributed by atoms with van der Waals surface area (Å²) in [6, 6.07) is 2.74. The van der Waals surface area contributed by atoms with Crippen molar-refractivity contribution in [1.82, 2.24) is 19.8 Å². The van der Waals surface area contributed by atoms with Gasteiger partial charge in [-0.1, -0.05) is 18.5 Å². The molecular formula is C21H24ClFN4O3. The molecular weight excluding hydrogens is 411 g/mol. The number of fused-ring (bicyclic) bond motifs is 1. The molecule has 1 aromatic carbocycles. The Morgan fingerprint density at radius 2 is 1.93 bits per heavy atom. The number of carbonyl (C=O) groups is 1. The largest absolute Gasteiger partial charge is 0.384 e.